The summed E-state index contributed by atoms with van der Waals surface area (Å²) in [6, 6.07) is 16.3. The van der Waals surface area contributed by atoms with Crippen LogP contribution in [0.3, 0.4) is 0 Å². The highest BCUT2D eigenvalue weighted by atomic mass is 35.5. The van der Waals surface area contributed by atoms with Crippen molar-refractivity contribution in [3.63, 3.8) is 0 Å². The van der Waals surface area contributed by atoms with Crippen LogP contribution in [0.1, 0.15) is 43.2 Å². The highest BCUT2D eigenvalue weighted by molar-refractivity contribution is 6.31. The first-order valence-electron chi connectivity index (χ1n) is 11.0. The minimum Gasteiger partial charge on any atom is -0.488 e. The van der Waals surface area contributed by atoms with Gasteiger partial charge in [0, 0.05) is 29.0 Å². The minimum absolute atomic E-state index is 0.0382. The number of aromatic nitrogens is 3. The number of hydrogen-bond acceptors (Lipinski definition) is 4. The Labute approximate surface area is 200 Å². The summed E-state index contributed by atoms with van der Waals surface area (Å²) in [4.78, 5) is 13.7. The molecular formula is C28H28ClN3O. The number of halogens is 1. The van der Waals surface area contributed by atoms with Crippen LogP contribution in [0.2, 0.25) is 5.02 Å². The van der Waals surface area contributed by atoms with Crippen LogP contribution in [-0.4, -0.2) is 15.0 Å². The monoisotopic (exact) mass is 457 g/mol. The molecule has 0 bridgehead atoms. The van der Waals surface area contributed by atoms with Crippen molar-refractivity contribution in [2.75, 3.05) is 0 Å². The standard InChI is InChI=1S/C28H28ClN3O/c1-18-13-22(28(3,4)5)23(29)14-21(18)24-15-26(33-17-20-9-7-6-8-10-20)27(19(2)32-24)25-16-30-11-12-31-25/h6-16H,17H2,1-5H3. The van der Waals surface area contributed by atoms with Gasteiger partial charge in [-0.15, -0.1) is 0 Å². The van der Waals surface area contributed by atoms with E-state index in [0.29, 0.717) is 6.61 Å². The second kappa shape index (κ2) is 9.32. The third kappa shape index (κ3) is 5.07. The predicted molar refractivity (Wildman–Crippen MR) is 135 cm³/mol. The Morgan fingerprint density at radius 2 is 1.70 bits per heavy atom. The van der Waals surface area contributed by atoms with E-state index < -0.39 is 0 Å². The highest BCUT2D eigenvalue weighted by Gasteiger charge is 2.21. The molecule has 0 aliphatic heterocycles. The van der Waals surface area contributed by atoms with E-state index in [1.165, 1.54) is 0 Å². The molecule has 0 fully saturated rings. The molecule has 0 saturated carbocycles. The molecule has 0 radical (unpaired) electrons. The van der Waals surface area contributed by atoms with E-state index in [1.807, 2.05) is 49.4 Å². The second-order valence-electron chi connectivity index (χ2n) is 9.23. The van der Waals surface area contributed by atoms with Crippen molar-refractivity contribution in [2.45, 2.75) is 46.6 Å². The Morgan fingerprint density at radius 3 is 2.36 bits per heavy atom. The second-order valence-corrected chi connectivity index (χ2v) is 9.64. The average Bonchev–Trinajstić information content (AvgIpc) is 2.79. The SMILES string of the molecule is Cc1cc(C(C)(C)C)c(Cl)cc1-c1cc(OCc2ccccc2)c(-c2cnccn2)c(C)n1. The largest absolute Gasteiger partial charge is 0.488 e. The number of ether oxygens (including phenoxy) is 1. The Hall–Kier alpha value is -3.24. The van der Waals surface area contributed by atoms with Gasteiger partial charge in [0.15, 0.2) is 0 Å². The Bertz CT molecular complexity index is 1270. The van der Waals surface area contributed by atoms with E-state index in [2.05, 4.69) is 43.7 Å². The van der Waals surface area contributed by atoms with Gasteiger partial charge >= 0.3 is 0 Å². The molecule has 0 N–H and O–H groups in total. The van der Waals surface area contributed by atoms with E-state index in [9.17, 15) is 0 Å². The molecule has 2 aromatic carbocycles. The Balaban J connectivity index is 1.82. The van der Waals surface area contributed by atoms with Crippen molar-refractivity contribution >= 4 is 11.6 Å². The molecular weight excluding hydrogens is 430 g/mol. The van der Waals surface area contributed by atoms with Crippen LogP contribution in [0.4, 0.5) is 0 Å². The van der Waals surface area contributed by atoms with Crippen LogP contribution in [0, 0.1) is 13.8 Å². The normalized spacial score (nSPS) is 11.5. The van der Waals surface area contributed by atoms with E-state index in [4.69, 9.17) is 21.3 Å². The predicted octanol–water partition coefficient (Wildman–Crippen LogP) is 7.35. The van der Waals surface area contributed by atoms with E-state index >= 15 is 0 Å². The van der Waals surface area contributed by atoms with Crippen LogP contribution in [0.5, 0.6) is 5.75 Å². The Morgan fingerprint density at radius 1 is 0.939 bits per heavy atom. The van der Waals surface area contributed by atoms with Crippen LogP contribution >= 0.6 is 11.6 Å². The van der Waals surface area contributed by atoms with Crippen molar-refractivity contribution in [2.24, 2.45) is 0 Å². The molecule has 4 rings (SSSR count). The number of benzene rings is 2. The lowest BCUT2D eigenvalue weighted by Crippen LogP contribution is -2.12. The quantitative estimate of drug-likeness (QED) is 0.314. The fourth-order valence-corrected chi connectivity index (χ4v) is 4.35. The van der Waals surface area contributed by atoms with Crippen molar-refractivity contribution in [3.8, 4) is 28.3 Å². The van der Waals surface area contributed by atoms with Crippen molar-refractivity contribution in [1.82, 2.24) is 15.0 Å². The fraction of sp³-hybridized carbons (Fsp3) is 0.250. The topological polar surface area (TPSA) is 47.9 Å². The first kappa shape index (κ1) is 22.9. The Kier molecular flexibility index (Phi) is 6.48. The van der Waals surface area contributed by atoms with Crippen LogP contribution in [0.15, 0.2) is 67.1 Å². The molecule has 0 aliphatic carbocycles. The molecule has 0 saturated heterocycles. The lowest BCUT2D eigenvalue weighted by Gasteiger charge is -2.23. The van der Waals surface area contributed by atoms with Gasteiger partial charge < -0.3 is 4.74 Å². The first-order valence-corrected chi connectivity index (χ1v) is 11.4. The number of pyridine rings is 1. The number of hydrogen-bond donors (Lipinski definition) is 0. The summed E-state index contributed by atoms with van der Waals surface area (Å²) >= 11 is 6.71. The van der Waals surface area contributed by atoms with E-state index in [-0.39, 0.29) is 5.41 Å². The molecule has 2 heterocycles. The van der Waals surface area contributed by atoms with Crippen LogP contribution < -0.4 is 4.74 Å². The van der Waals surface area contributed by atoms with Gasteiger partial charge in [-0.05, 0) is 42.0 Å². The van der Waals surface area contributed by atoms with Crippen molar-refractivity contribution in [3.05, 3.63) is 94.5 Å². The third-order valence-corrected chi connectivity index (χ3v) is 5.93. The molecule has 0 spiro atoms. The summed E-state index contributed by atoms with van der Waals surface area (Å²) < 4.78 is 6.33. The molecule has 5 heteroatoms. The smallest absolute Gasteiger partial charge is 0.133 e. The summed E-state index contributed by atoms with van der Waals surface area (Å²) in [7, 11) is 0. The highest BCUT2D eigenvalue weighted by Crippen LogP contribution is 2.39. The molecule has 0 unspecified atom stereocenters. The van der Waals surface area contributed by atoms with Crippen LogP contribution in [0.25, 0.3) is 22.5 Å². The van der Waals surface area contributed by atoms with Gasteiger partial charge in [0.05, 0.1) is 28.8 Å². The maximum atomic E-state index is 6.71. The average molecular weight is 458 g/mol. The fourth-order valence-electron chi connectivity index (χ4n) is 3.90. The summed E-state index contributed by atoms with van der Waals surface area (Å²) in [5.41, 5.74) is 7.51. The molecule has 4 aromatic rings. The van der Waals surface area contributed by atoms with Gasteiger partial charge in [-0.25, -0.2) is 0 Å². The molecule has 4 nitrogen and oxygen atoms in total. The maximum absolute atomic E-state index is 6.71. The number of rotatable bonds is 5. The molecule has 168 valence electrons. The van der Waals surface area contributed by atoms with Gasteiger partial charge in [-0.1, -0.05) is 68.8 Å². The lowest BCUT2D eigenvalue weighted by atomic mass is 9.85. The summed E-state index contributed by atoms with van der Waals surface area (Å²) in [6.07, 6.45) is 5.07. The van der Waals surface area contributed by atoms with Gasteiger partial charge in [0.2, 0.25) is 0 Å². The number of nitrogens with zero attached hydrogens (tertiary/aromatic N) is 3. The number of aryl methyl sites for hydroxylation is 2. The zero-order valence-electron chi connectivity index (χ0n) is 19.7. The van der Waals surface area contributed by atoms with E-state index in [0.717, 1.165) is 55.7 Å². The van der Waals surface area contributed by atoms with E-state index in [1.54, 1.807) is 18.6 Å². The van der Waals surface area contributed by atoms with Crippen LogP contribution in [-0.2, 0) is 12.0 Å². The maximum Gasteiger partial charge on any atom is 0.133 e. The van der Waals surface area contributed by atoms with Gasteiger partial charge in [0.25, 0.3) is 0 Å². The summed E-state index contributed by atoms with van der Waals surface area (Å²) in [5, 5.41) is 0.743. The molecule has 0 atom stereocenters. The minimum atomic E-state index is -0.0382. The summed E-state index contributed by atoms with van der Waals surface area (Å²) in [6.45, 7) is 11.0. The van der Waals surface area contributed by atoms with Crippen molar-refractivity contribution in [1.29, 1.82) is 0 Å². The van der Waals surface area contributed by atoms with Gasteiger partial charge in [-0.3, -0.25) is 15.0 Å². The van der Waals surface area contributed by atoms with Gasteiger partial charge in [-0.2, -0.15) is 0 Å². The van der Waals surface area contributed by atoms with Gasteiger partial charge in [0.1, 0.15) is 12.4 Å². The first-order chi connectivity index (χ1) is 15.7. The molecule has 0 amide bonds. The lowest BCUT2D eigenvalue weighted by molar-refractivity contribution is 0.307. The third-order valence-electron chi connectivity index (χ3n) is 5.62. The zero-order valence-corrected chi connectivity index (χ0v) is 20.4. The molecule has 33 heavy (non-hydrogen) atoms. The zero-order chi connectivity index (χ0) is 23.6. The van der Waals surface area contributed by atoms with Crippen molar-refractivity contribution < 1.29 is 4.74 Å². The molecule has 0 aliphatic rings. The summed E-state index contributed by atoms with van der Waals surface area (Å²) in [5.74, 6) is 0.720. The molecule has 2 aromatic heterocycles.